The van der Waals surface area contributed by atoms with Crippen LogP contribution in [0.25, 0.3) is 10.8 Å². The second kappa shape index (κ2) is 14.4. The lowest BCUT2D eigenvalue weighted by molar-refractivity contribution is -0.131. The Hall–Kier alpha value is -3.75. The molecule has 0 aliphatic carbocycles. The number of amides is 3. The molecule has 0 bridgehead atoms. The van der Waals surface area contributed by atoms with Gasteiger partial charge < -0.3 is 26.0 Å². The molecule has 0 aromatic heterocycles. The van der Waals surface area contributed by atoms with Gasteiger partial charge in [0, 0.05) is 32.2 Å². The first-order valence-corrected chi connectivity index (χ1v) is 13.4. The van der Waals surface area contributed by atoms with Gasteiger partial charge in [-0.05, 0) is 62.2 Å². The van der Waals surface area contributed by atoms with Crippen LogP contribution < -0.4 is 21.3 Å². The van der Waals surface area contributed by atoms with Crippen molar-refractivity contribution in [2.24, 2.45) is 0 Å². The predicted octanol–water partition coefficient (Wildman–Crippen LogP) is 3.21. The van der Waals surface area contributed by atoms with Crippen LogP contribution >= 0.6 is 0 Å². The normalized spacial score (nSPS) is 12.9. The van der Waals surface area contributed by atoms with E-state index in [2.05, 4.69) is 21.3 Å². The first-order chi connectivity index (χ1) is 18.7. The van der Waals surface area contributed by atoms with Crippen molar-refractivity contribution >= 4 is 28.5 Å². The molecule has 39 heavy (non-hydrogen) atoms. The Morgan fingerprint density at radius 3 is 2.31 bits per heavy atom. The minimum Gasteiger partial charge on any atom is -0.380 e. The van der Waals surface area contributed by atoms with Crippen molar-refractivity contribution in [3.8, 4) is 0 Å². The van der Waals surface area contributed by atoms with Gasteiger partial charge in [0.05, 0.1) is 6.10 Å². The minimum absolute atomic E-state index is 0.117. The van der Waals surface area contributed by atoms with Crippen LogP contribution in [-0.2, 0) is 20.7 Å². The van der Waals surface area contributed by atoms with E-state index in [-0.39, 0.29) is 17.9 Å². The maximum Gasteiger partial charge on any atom is 0.252 e. The number of methoxy groups -OCH3 is 1. The van der Waals surface area contributed by atoms with Gasteiger partial charge in [-0.15, -0.1) is 0 Å². The molecule has 0 spiro atoms. The quantitative estimate of drug-likeness (QED) is 0.239. The summed E-state index contributed by atoms with van der Waals surface area (Å²) >= 11 is 0. The van der Waals surface area contributed by atoms with Crippen LogP contribution in [0.15, 0.2) is 72.8 Å². The van der Waals surface area contributed by atoms with E-state index in [0.717, 1.165) is 35.8 Å². The fourth-order valence-corrected chi connectivity index (χ4v) is 4.09. The van der Waals surface area contributed by atoms with E-state index in [4.69, 9.17) is 4.74 Å². The molecule has 2 unspecified atom stereocenters. The lowest BCUT2D eigenvalue weighted by Crippen LogP contribution is -2.59. The molecular weight excluding hydrogens is 492 g/mol. The van der Waals surface area contributed by atoms with Crippen LogP contribution in [-0.4, -0.2) is 62.2 Å². The maximum absolute atomic E-state index is 13.3. The molecule has 3 aromatic carbocycles. The second-order valence-corrected chi connectivity index (χ2v) is 10.3. The first-order valence-electron chi connectivity index (χ1n) is 13.4. The summed E-state index contributed by atoms with van der Waals surface area (Å²) in [6.07, 6.45) is 1.17. The van der Waals surface area contributed by atoms with E-state index >= 15 is 0 Å². The number of rotatable bonds is 14. The van der Waals surface area contributed by atoms with E-state index in [0.29, 0.717) is 18.5 Å². The average Bonchev–Trinajstić information content (AvgIpc) is 2.94. The van der Waals surface area contributed by atoms with Crippen molar-refractivity contribution in [2.45, 2.75) is 51.3 Å². The van der Waals surface area contributed by atoms with E-state index in [1.165, 1.54) is 0 Å². The van der Waals surface area contributed by atoms with Crippen LogP contribution in [0.5, 0.6) is 0 Å². The molecule has 0 radical (unpaired) electrons. The SMILES string of the molecule is COC(C)CNCCCNC(=O)C(Cc1ccc2ccccc2c1)NC(=O)C(C)(C)NC(=O)c1ccccc1. The maximum atomic E-state index is 13.3. The van der Waals surface area contributed by atoms with Crippen molar-refractivity contribution in [3.63, 3.8) is 0 Å². The van der Waals surface area contributed by atoms with Gasteiger partial charge in [-0.3, -0.25) is 14.4 Å². The van der Waals surface area contributed by atoms with Gasteiger partial charge >= 0.3 is 0 Å². The molecule has 4 N–H and O–H groups in total. The van der Waals surface area contributed by atoms with Crippen molar-refractivity contribution < 1.29 is 19.1 Å². The molecule has 0 saturated heterocycles. The number of hydrogen-bond donors (Lipinski definition) is 4. The third-order valence-corrected chi connectivity index (χ3v) is 6.57. The Bertz CT molecular complexity index is 1250. The molecule has 3 amide bonds. The molecule has 0 heterocycles. The fraction of sp³-hybridized carbons (Fsp3) is 0.387. The van der Waals surface area contributed by atoms with Crippen molar-refractivity contribution in [3.05, 3.63) is 83.9 Å². The molecule has 0 fully saturated rings. The second-order valence-electron chi connectivity index (χ2n) is 10.3. The van der Waals surface area contributed by atoms with Gasteiger partial charge in [0.25, 0.3) is 5.91 Å². The first kappa shape index (κ1) is 29.8. The summed E-state index contributed by atoms with van der Waals surface area (Å²) in [5, 5.41) is 14.1. The summed E-state index contributed by atoms with van der Waals surface area (Å²) in [5.74, 6) is -1.07. The number of benzene rings is 3. The summed E-state index contributed by atoms with van der Waals surface area (Å²) in [7, 11) is 1.67. The van der Waals surface area contributed by atoms with Crippen LogP contribution in [0.2, 0.25) is 0 Å². The highest BCUT2D eigenvalue weighted by Crippen LogP contribution is 2.17. The number of fused-ring (bicyclic) bond motifs is 1. The molecule has 3 rings (SSSR count). The summed E-state index contributed by atoms with van der Waals surface area (Å²) in [4.78, 5) is 39.3. The Kier molecular flexibility index (Phi) is 11.0. The number of ether oxygens (including phenoxy) is 1. The molecular formula is C31H40N4O4. The summed E-state index contributed by atoms with van der Waals surface area (Å²) in [6.45, 7) is 7.16. The Balaban J connectivity index is 1.67. The highest BCUT2D eigenvalue weighted by atomic mass is 16.5. The molecule has 0 saturated carbocycles. The third-order valence-electron chi connectivity index (χ3n) is 6.57. The number of hydrogen-bond acceptors (Lipinski definition) is 5. The lowest BCUT2D eigenvalue weighted by Gasteiger charge is -2.28. The monoisotopic (exact) mass is 532 g/mol. The molecule has 3 aromatic rings. The van der Waals surface area contributed by atoms with Gasteiger partial charge in [0.15, 0.2) is 0 Å². The van der Waals surface area contributed by atoms with E-state index in [9.17, 15) is 14.4 Å². The number of carbonyl (C=O) groups excluding carboxylic acids is 3. The van der Waals surface area contributed by atoms with E-state index < -0.39 is 17.5 Å². The highest BCUT2D eigenvalue weighted by molar-refractivity contribution is 6.00. The Morgan fingerprint density at radius 2 is 1.59 bits per heavy atom. The Labute approximate surface area is 230 Å². The zero-order chi connectivity index (χ0) is 28.3. The van der Waals surface area contributed by atoms with Gasteiger partial charge in [-0.2, -0.15) is 0 Å². The summed E-state index contributed by atoms with van der Waals surface area (Å²) < 4.78 is 5.22. The van der Waals surface area contributed by atoms with E-state index in [1.807, 2.05) is 55.5 Å². The van der Waals surface area contributed by atoms with Crippen LogP contribution in [0, 0.1) is 0 Å². The van der Waals surface area contributed by atoms with Gasteiger partial charge in [0.1, 0.15) is 11.6 Å². The number of nitrogens with one attached hydrogen (secondary N) is 4. The van der Waals surface area contributed by atoms with E-state index in [1.54, 1.807) is 45.2 Å². The predicted molar refractivity (Wildman–Crippen MR) is 155 cm³/mol. The van der Waals surface area contributed by atoms with Gasteiger partial charge in [0.2, 0.25) is 11.8 Å². The van der Waals surface area contributed by atoms with Crippen molar-refractivity contribution in [2.75, 3.05) is 26.7 Å². The minimum atomic E-state index is -1.24. The largest absolute Gasteiger partial charge is 0.380 e. The molecule has 8 heteroatoms. The van der Waals surface area contributed by atoms with Crippen LogP contribution in [0.3, 0.4) is 0 Å². The van der Waals surface area contributed by atoms with Gasteiger partial charge in [-0.25, -0.2) is 0 Å². The zero-order valence-corrected chi connectivity index (χ0v) is 23.3. The van der Waals surface area contributed by atoms with Crippen LogP contribution in [0.4, 0.5) is 0 Å². The average molecular weight is 533 g/mol. The lowest BCUT2D eigenvalue weighted by atomic mass is 9.98. The smallest absolute Gasteiger partial charge is 0.252 e. The molecule has 0 aliphatic heterocycles. The fourth-order valence-electron chi connectivity index (χ4n) is 4.09. The Morgan fingerprint density at radius 1 is 0.897 bits per heavy atom. The standard InChI is InChI=1S/C31H40N4O4/c1-22(39-4)21-32-17-10-18-33-29(37)27(20-23-15-16-24-11-8-9-14-26(24)19-23)34-30(38)31(2,3)35-28(36)25-12-6-5-7-13-25/h5-9,11-16,19,22,27,32H,10,17-18,20-21H2,1-4H3,(H,33,37)(H,34,38)(H,35,36). The number of carbonyl (C=O) groups is 3. The van der Waals surface area contributed by atoms with Crippen LogP contribution in [0.1, 0.15) is 43.1 Å². The summed E-state index contributed by atoms with van der Waals surface area (Å²) in [5.41, 5.74) is 0.143. The summed E-state index contributed by atoms with van der Waals surface area (Å²) in [6, 6.07) is 21.9. The third kappa shape index (κ3) is 9.19. The molecule has 208 valence electrons. The molecule has 2 atom stereocenters. The molecule has 8 nitrogen and oxygen atoms in total. The topological polar surface area (TPSA) is 109 Å². The zero-order valence-electron chi connectivity index (χ0n) is 23.3. The van der Waals surface area contributed by atoms with Gasteiger partial charge in [-0.1, -0.05) is 60.7 Å². The molecule has 0 aliphatic rings. The van der Waals surface area contributed by atoms with Crippen molar-refractivity contribution in [1.82, 2.24) is 21.3 Å². The van der Waals surface area contributed by atoms with Crippen molar-refractivity contribution in [1.29, 1.82) is 0 Å². The highest BCUT2D eigenvalue weighted by Gasteiger charge is 2.33.